The van der Waals surface area contributed by atoms with Gasteiger partial charge in [0.05, 0.1) is 24.6 Å². The highest BCUT2D eigenvalue weighted by atomic mass is 16.5. The van der Waals surface area contributed by atoms with E-state index in [-0.39, 0.29) is 18.3 Å². The Morgan fingerprint density at radius 1 is 1.16 bits per heavy atom. The van der Waals surface area contributed by atoms with Gasteiger partial charge >= 0.3 is 0 Å². The summed E-state index contributed by atoms with van der Waals surface area (Å²) in [4.78, 5) is 26.2. The van der Waals surface area contributed by atoms with Crippen molar-refractivity contribution in [3.63, 3.8) is 0 Å². The van der Waals surface area contributed by atoms with Crippen LogP contribution in [0.25, 0.3) is 10.9 Å². The minimum atomic E-state index is -0.379. The van der Waals surface area contributed by atoms with E-state index in [0.717, 1.165) is 51.9 Å². The van der Waals surface area contributed by atoms with Crippen LogP contribution in [0.4, 0.5) is 17.5 Å². The fourth-order valence-electron chi connectivity index (χ4n) is 4.90. The summed E-state index contributed by atoms with van der Waals surface area (Å²) >= 11 is 0. The largest absolute Gasteiger partial charge is 0.482 e. The van der Waals surface area contributed by atoms with Gasteiger partial charge in [-0.1, -0.05) is 0 Å². The van der Waals surface area contributed by atoms with Crippen molar-refractivity contribution in [3.8, 4) is 11.8 Å². The van der Waals surface area contributed by atoms with Crippen LogP contribution in [0.3, 0.4) is 0 Å². The third-order valence-electron chi connectivity index (χ3n) is 7.00. The first-order valence-electron chi connectivity index (χ1n) is 12.7. The number of aromatic nitrogens is 4. The average Bonchev–Trinajstić information content (AvgIpc) is 2.91. The summed E-state index contributed by atoms with van der Waals surface area (Å²) in [5, 5.41) is 28.0. The van der Waals surface area contributed by atoms with E-state index in [2.05, 4.69) is 48.5 Å². The van der Waals surface area contributed by atoms with Gasteiger partial charge < -0.3 is 25.0 Å². The zero-order valence-corrected chi connectivity index (χ0v) is 20.6. The Balaban J connectivity index is 1.30. The van der Waals surface area contributed by atoms with E-state index >= 15 is 0 Å². The molecule has 0 bridgehead atoms. The van der Waals surface area contributed by atoms with Gasteiger partial charge in [-0.05, 0) is 55.9 Å². The van der Waals surface area contributed by atoms with Crippen LogP contribution in [0.1, 0.15) is 32.1 Å². The monoisotopic (exact) mass is 502 g/mol. The first kappa shape index (κ1) is 24.8. The van der Waals surface area contributed by atoms with Crippen molar-refractivity contribution in [1.82, 2.24) is 25.1 Å². The molecular formula is C26H30N8O3. The fraction of sp³-hybridized carbons (Fsp3) is 0.500. The molecule has 0 atom stereocenters. The number of hydrogen-bond donors (Lipinski definition) is 3. The number of nitrogens with zero attached hydrogens (tertiary/aromatic N) is 6. The van der Waals surface area contributed by atoms with Crippen molar-refractivity contribution in [2.75, 3.05) is 49.5 Å². The Morgan fingerprint density at radius 3 is 2.68 bits per heavy atom. The zero-order chi connectivity index (χ0) is 25.6. The van der Waals surface area contributed by atoms with E-state index < -0.39 is 0 Å². The molecule has 11 nitrogen and oxygen atoms in total. The van der Waals surface area contributed by atoms with Gasteiger partial charge in [0.15, 0.2) is 5.75 Å². The number of aliphatic hydroxyl groups excluding tert-OH is 1. The van der Waals surface area contributed by atoms with Gasteiger partial charge in [0.2, 0.25) is 5.95 Å². The number of H-pyrrole nitrogens is 1. The lowest BCUT2D eigenvalue weighted by Gasteiger charge is -2.31. The van der Waals surface area contributed by atoms with E-state index in [1.54, 1.807) is 0 Å². The number of piperidine rings is 2. The second-order valence-electron chi connectivity index (χ2n) is 9.49. The molecule has 2 aliphatic rings. The number of ether oxygens (including phenoxy) is 1. The molecule has 1 aromatic carbocycles. The number of β-amino-alcohol motifs (C(OH)–C–C–N with tert-alkyl or cyclic N) is 1. The molecule has 3 N–H and O–H groups in total. The van der Waals surface area contributed by atoms with Gasteiger partial charge in [-0.25, -0.2) is 10.1 Å². The molecule has 2 fully saturated rings. The van der Waals surface area contributed by atoms with Crippen LogP contribution in [-0.2, 0) is 0 Å². The molecule has 11 heteroatoms. The normalized spacial score (nSPS) is 17.4. The van der Waals surface area contributed by atoms with Gasteiger partial charge in [0.25, 0.3) is 5.56 Å². The smallest absolute Gasteiger partial charge is 0.277 e. The van der Waals surface area contributed by atoms with Crippen LogP contribution in [0.2, 0.25) is 0 Å². The van der Waals surface area contributed by atoms with Crippen LogP contribution >= 0.6 is 0 Å². The predicted octanol–water partition coefficient (Wildman–Crippen LogP) is 2.02. The molecular weight excluding hydrogens is 472 g/mol. The summed E-state index contributed by atoms with van der Waals surface area (Å²) in [5.41, 5.74) is 0.669. The Labute approximate surface area is 215 Å². The van der Waals surface area contributed by atoms with Crippen molar-refractivity contribution < 1.29 is 9.84 Å². The highest BCUT2D eigenvalue weighted by molar-refractivity contribution is 5.90. The highest BCUT2D eigenvalue weighted by Gasteiger charge is 2.23. The standard InChI is InChI=1S/C26H30N8O3/c27-10-5-18-6-13-34(14-7-18)26-30-22-17-28-32-25(36)23(22)24(31-26)29-19-1-3-20(4-2-19)37-21-8-11-33(12-9-21)15-16-35/h1,3,17-18,21,35H,5-9,11-16H2,(H,32,36)(H,29,30,31). The second kappa shape index (κ2) is 11.4. The third kappa shape index (κ3) is 5.91. The number of fused-ring (bicyclic) bond motifs is 1. The SMILES string of the molecule is N#CCC1CCN(c2nc(Nc3c#cc(OC4CCN(CCO)CC4)cc3)c3c(=O)[nH]ncc3n2)CC1. The number of nitrogens with one attached hydrogen (secondary N) is 2. The minimum Gasteiger partial charge on any atom is -0.482 e. The number of aliphatic hydroxyl groups is 1. The van der Waals surface area contributed by atoms with Crippen molar-refractivity contribution >= 4 is 28.4 Å². The Kier molecular flexibility index (Phi) is 7.64. The molecule has 0 radical (unpaired) electrons. The van der Waals surface area contributed by atoms with Gasteiger partial charge in [-0.3, -0.25) is 4.79 Å². The molecule has 2 saturated heterocycles. The maximum absolute atomic E-state index is 12.6. The first-order valence-corrected chi connectivity index (χ1v) is 12.7. The average molecular weight is 503 g/mol. The number of aromatic amines is 1. The zero-order valence-electron chi connectivity index (χ0n) is 20.6. The number of likely N-dealkylation sites (tertiary alicyclic amines) is 1. The molecule has 192 valence electrons. The summed E-state index contributed by atoms with van der Waals surface area (Å²) in [5.74, 6) is 1.90. The maximum Gasteiger partial charge on any atom is 0.277 e. The highest BCUT2D eigenvalue weighted by Crippen LogP contribution is 2.27. The first-order chi connectivity index (χ1) is 18.1. The van der Waals surface area contributed by atoms with Crippen LogP contribution in [0.5, 0.6) is 5.75 Å². The Bertz CT molecular complexity index is 1290. The van der Waals surface area contributed by atoms with Crippen molar-refractivity contribution in [1.29, 1.82) is 5.26 Å². The summed E-state index contributed by atoms with van der Waals surface area (Å²) in [6.45, 7) is 4.17. The lowest BCUT2D eigenvalue weighted by atomic mass is 9.94. The molecule has 2 aliphatic heterocycles. The van der Waals surface area contributed by atoms with Crippen molar-refractivity contribution in [2.45, 2.75) is 38.2 Å². The molecule has 2 aromatic heterocycles. The van der Waals surface area contributed by atoms with E-state index in [1.165, 1.54) is 6.20 Å². The Hall–Kier alpha value is -3.93. The van der Waals surface area contributed by atoms with Crippen LogP contribution in [-0.4, -0.2) is 75.6 Å². The third-order valence-corrected chi connectivity index (χ3v) is 7.00. The molecule has 0 amide bonds. The molecule has 37 heavy (non-hydrogen) atoms. The number of anilines is 3. The van der Waals surface area contributed by atoms with Gasteiger partial charge in [-0.2, -0.15) is 15.3 Å². The summed E-state index contributed by atoms with van der Waals surface area (Å²) in [6.07, 6.45) is 5.78. The van der Waals surface area contributed by atoms with Crippen molar-refractivity contribution in [3.05, 3.63) is 40.8 Å². The molecule has 0 spiro atoms. The quantitative estimate of drug-likeness (QED) is 0.418. The molecule has 0 unspecified atom stereocenters. The Morgan fingerprint density at radius 2 is 1.97 bits per heavy atom. The predicted molar refractivity (Wildman–Crippen MR) is 138 cm³/mol. The second-order valence-corrected chi connectivity index (χ2v) is 9.49. The summed E-state index contributed by atoms with van der Waals surface area (Å²) < 4.78 is 6.08. The van der Waals surface area contributed by atoms with E-state index in [4.69, 9.17) is 20.1 Å². The lowest BCUT2D eigenvalue weighted by Crippen LogP contribution is -2.39. The maximum atomic E-state index is 12.6. The summed E-state index contributed by atoms with van der Waals surface area (Å²) in [6, 6.07) is 12.0. The molecule has 5 rings (SSSR count). The van der Waals surface area contributed by atoms with Crippen LogP contribution in [0.15, 0.2) is 23.1 Å². The van der Waals surface area contributed by atoms with E-state index in [1.807, 2.05) is 12.1 Å². The number of nitriles is 1. The fourth-order valence-corrected chi connectivity index (χ4v) is 4.90. The molecule has 0 saturated carbocycles. The van der Waals surface area contributed by atoms with Gasteiger partial charge in [0.1, 0.15) is 22.8 Å². The topological polar surface area (TPSA) is 143 Å². The van der Waals surface area contributed by atoms with Crippen LogP contribution < -0.4 is 20.5 Å². The van der Waals surface area contributed by atoms with Gasteiger partial charge in [0, 0.05) is 39.1 Å². The molecule has 4 heterocycles. The number of rotatable bonds is 8. The van der Waals surface area contributed by atoms with Gasteiger partial charge in [-0.15, -0.1) is 0 Å². The number of hydrogen-bond acceptors (Lipinski definition) is 10. The molecule has 0 aliphatic carbocycles. The van der Waals surface area contributed by atoms with Crippen LogP contribution in [0, 0.1) is 29.4 Å². The summed E-state index contributed by atoms with van der Waals surface area (Å²) in [7, 11) is 0. The van der Waals surface area contributed by atoms with E-state index in [9.17, 15) is 4.79 Å². The van der Waals surface area contributed by atoms with Crippen molar-refractivity contribution in [2.24, 2.45) is 5.92 Å². The van der Waals surface area contributed by atoms with E-state index in [0.29, 0.717) is 53.0 Å². The lowest BCUT2D eigenvalue weighted by molar-refractivity contribution is 0.0889. The molecule has 3 aromatic rings. The minimum absolute atomic E-state index is 0.107.